The van der Waals surface area contributed by atoms with Crippen molar-refractivity contribution in [3.8, 4) is 11.5 Å². The molecule has 106 valence electrons. The summed E-state index contributed by atoms with van der Waals surface area (Å²) in [5.41, 5.74) is 1.35. The number of ether oxygens (including phenoxy) is 2. The highest BCUT2D eigenvalue weighted by molar-refractivity contribution is 5.43. The van der Waals surface area contributed by atoms with Gasteiger partial charge in [0.25, 0.3) is 0 Å². The molecule has 1 aliphatic rings. The van der Waals surface area contributed by atoms with E-state index in [2.05, 4.69) is 31.3 Å². The molecule has 1 N–H and O–H groups in total. The highest BCUT2D eigenvalue weighted by atomic mass is 16.6. The van der Waals surface area contributed by atoms with E-state index in [0.29, 0.717) is 13.2 Å². The van der Waals surface area contributed by atoms with Gasteiger partial charge in [0, 0.05) is 0 Å². The molecule has 0 radical (unpaired) electrons. The van der Waals surface area contributed by atoms with Crippen LogP contribution in [0, 0.1) is 5.92 Å². The van der Waals surface area contributed by atoms with Crippen molar-refractivity contribution in [3.05, 3.63) is 23.8 Å². The van der Waals surface area contributed by atoms with Crippen LogP contribution in [0.2, 0.25) is 0 Å². The molecule has 1 aromatic rings. The monoisotopic (exact) mass is 263 g/mol. The fourth-order valence-corrected chi connectivity index (χ4v) is 2.33. The van der Waals surface area contributed by atoms with Crippen molar-refractivity contribution < 1.29 is 9.47 Å². The zero-order chi connectivity index (χ0) is 13.5. The first-order valence-electron chi connectivity index (χ1n) is 7.39. The van der Waals surface area contributed by atoms with Crippen molar-refractivity contribution in [2.75, 3.05) is 26.3 Å². The molecule has 0 aromatic heterocycles. The van der Waals surface area contributed by atoms with Crippen LogP contribution in [-0.2, 0) is 6.42 Å². The molecular formula is C16H25NO2. The summed E-state index contributed by atoms with van der Waals surface area (Å²) in [7, 11) is 0. The van der Waals surface area contributed by atoms with E-state index in [4.69, 9.17) is 9.47 Å². The maximum atomic E-state index is 5.62. The number of benzene rings is 1. The van der Waals surface area contributed by atoms with E-state index < -0.39 is 0 Å². The summed E-state index contributed by atoms with van der Waals surface area (Å²) in [5.74, 6) is 2.55. The van der Waals surface area contributed by atoms with Gasteiger partial charge in [0.15, 0.2) is 11.5 Å². The van der Waals surface area contributed by atoms with Gasteiger partial charge in [-0.2, -0.15) is 0 Å². The standard InChI is InChI=1S/C16H25NO2/c1-3-17-9-8-13(2)4-5-14-6-7-15-16(12-14)19-11-10-18-15/h6-7,12-13,17H,3-5,8-11H2,1-2H3. The van der Waals surface area contributed by atoms with Gasteiger partial charge in [0.1, 0.15) is 13.2 Å². The Morgan fingerprint density at radius 2 is 1.95 bits per heavy atom. The molecule has 0 bridgehead atoms. The van der Waals surface area contributed by atoms with E-state index in [1.165, 1.54) is 18.4 Å². The molecule has 2 rings (SSSR count). The van der Waals surface area contributed by atoms with E-state index >= 15 is 0 Å². The summed E-state index contributed by atoms with van der Waals surface area (Å²) in [6.07, 6.45) is 3.59. The minimum atomic E-state index is 0.661. The molecule has 3 nitrogen and oxygen atoms in total. The predicted octanol–water partition coefficient (Wildman–Crippen LogP) is 3.03. The van der Waals surface area contributed by atoms with E-state index in [-0.39, 0.29) is 0 Å². The first kappa shape index (κ1) is 14.2. The van der Waals surface area contributed by atoms with Gasteiger partial charge in [-0.15, -0.1) is 0 Å². The molecule has 1 heterocycles. The van der Waals surface area contributed by atoms with Gasteiger partial charge in [-0.3, -0.25) is 0 Å². The second-order valence-electron chi connectivity index (χ2n) is 5.26. The minimum Gasteiger partial charge on any atom is -0.486 e. The lowest BCUT2D eigenvalue weighted by Crippen LogP contribution is -2.17. The molecule has 1 unspecified atom stereocenters. The van der Waals surface area contributed by atoms with E-state index in [1.54, 1.807) is 0 Å². The normalized spacial score (nSPS) is 15.3. The maximum Gasteiger partial charge on any atom is 0.161 e. The Morgan fingerprint density at radius 3 is 2.74 bits per heavy atom. The van der Waals surface area contributed by atoms with Crippen LogP contribution in [0.1, 0.15) is 32.3 Å². The summed E-state index contributed by atoms with van der Waals surface area (Å²) >= 11 is 0. The first-order valence-corrected chi connectivity index (χ1v) is 7.39. The highest BCUT2D eigenvalue weighted by Gasteiger charge is 2.12. The number of aryl methyl sites for hydroxylation is 1. The molecule has 0 spiro atoms. The van der Waals surface area contributed by atoms with E-state index in [0.717, 1.165) is 36.9 Å². The van der Waals surface area contributed by atoms with Gasteiger partial charge in [-0.25, -0.2) is 0 Å². The largest absolute Gasteiger partial charge is 0.486 e. The molecule has 1 aliphatic heterocycles. The second kappa shape index (κ2) is 7.39. The Bertz CT molecular complexity index is 392. The maximum absolute atomic E-state index is 5.62. The van der Waals surface area contributed by atoms with Gasteiger partial charge in [-0.05, 0) is 56.0 Å². The van der Waals surface area contributed by atoms with E-state index in [1.807, 2.05) is 6.07 Å². The number of hydrogen-bond acceptors (Lipinski definition) is 3. The third-order valence-electron chi connectivity index (χ3n) is 3.60. The van der Waals surface area contributed by atoms with Gasteiger partial charge in [0.05, 0.1) is 0 Å². The Balaban J connectivity index is 1.79. The fraction of sp³-hybridized carbons (Fsp3) is 0.625. The SMILES string of the molecule is CCNCCC(C)CCc1ccc2c(c1)OCCO2. The van der Waals surface area contributed by atoms with Gasteiger partial charge < -0.3 is 14.8 Å². The van der Waals surface area contributed by atoms with Crippen LogP contribution in [0.3, 0.4) is 0 Å². The van der Waals surface area contributed by atoms with Crippen LogP contribution in [0.4, 0.5) is 0 Å². The zero-order valence-electron chi connectivity index (χ0n) is 12.1. The highest BCUT2D eigenvalue weighted by Crippen LogP contribution is 2.31. The number of fused-ring (bicyclic) bond motifs is 1. The van der Waals surface area contributed by atoms with Crippen LogP contribution in [0.15, 0.2) is 18.2 Å². The third-order valence-corrected chi connectivity index (χ3v) is 3.60. The fourth-order valence-electron chi connectivity index (χ4n) is 2.33. The molecular weight excluding hydrogens is 238 g/mol. The van der Waals surface area contributed by atoms with Crippen LogP contribution in [0.25, 0.3) is 0 Å². The van der Waals surface area contributed by atoms with Crippen LogP contribution in [0.5, 0.6) is 11.5 Å². The Morgan fingerprint density at radius 1 is 1.16 bits per heavy atom. The average Bonchev–Trinajstić information content (AvgIpc) is 2.45. The summed E-state index contributed by atoms with van der Waals surface area (Å²) in [4.78, 5) is 0. The summed E-state index contributed by atoms with van der Waals surface area (Å²) in [6.45, 7) is 7.99. The number of nitrogens with one attached hydrogen (secondary N) is 1. The molecule has 0 amide bonds. The Hall–Kier alpha value is -1.22. The molecule has 1 atom stereocenters. The topological polar surface area (TPSA) is 30.5 Å². The lowest BCUT2D eigenvalue weighted by molar-refractivity contribution is 0.171. The lowest BCUT2D eigenvalue weighted by atomic mass is 9.98. The molecule has 0 fully saturated rings. The summed E-state index contributed by atoms with van der Waals surface area (Å²) in [6, 6.07) is 6.32. The number of hydrogen-bond donors (Lipinski definition) is 1. The van der Waals surface area contributed by atoms with Gasteiger partial charge in [0.2, 0.25) is 0 Å². The van der Waals surface area contributed by atoms with Crippen molar-refractivity contribution >= 4 is 0 Å². The van der Waals surface area contributed by atoms with E-state index in [9.17, 15) is 0 Å². The molecule has 1 aromatic carbocycles. The average molecular weight is 263 g/mol. The van der Waals surface area contributed by atoms with Crippen molar-refractivity contribution in [3.63, 3.8) is 0 Å². The van der Waals surface area contributed by atoms with Crippen molar-refractivity contribution in [1.29, 1.82) is 0 Å². The van der Waals surface area contributed by atoms with Crippen LogP contribution >= 0.6 is 0 Å². The Kier molecular flexibility index (Phi) is 5.52. The Labute approximate surface area is 116 Å². The van der Waals surface area contributed by atoms with Gasteiger partial charge in [-0.1, -0.05) is 19.9 Å². The van der Waals surface area contributed by atoms with Crippen LogP contribution < -0.4 is 14.8 Å². The molecule has 0 saturated heterocycles. The first-order chi connectivity index (χ1) is 9.29. The molecule has 3 heteroatoms. The summed E-state index contributed by atoms with van der Waals surface area (Å²) < 4.78 is 11.2. The molecule has 19 heavy (non-hydrogen) atoms. The lowest BCUT2D eigenvalue weighted by Gasteiger charge is -2.19. The van der Waals surface area contributed by atoms with Crippen LogP contribution in [-0.4, -0.2) is 26.3 Å². The minimum absolute atomic E-state index is 0.661. The molecule has 0 saturated carbocycles. The second-order valence-corrected chi connectivity index (χ2v) is 5.26. The number of rotatable bonds is 7. The van der Waals surface area contributed by atoms with Crippen molar-refractivity contribution in [2.24, 2.45) is 5.92 Å². The molecule has 0 aliphatic carbocycles. The summed E-state index contributed by atoms with van der Waals surface area (Å²) in [5, 5.41) is 3.38. The van der Waals surface area contributed by atoms with Gasteiger partial charge >= 0.3 is 0 Å². The van der Waals surface area contributed by atoms with Crippen molar-refractivity contribution in [2.45, 2.75) is 33.1 Å². The quantitative estimate of drug-likeness (QED) is 0.767. The zero-order valence-corrected chi connectivity index (χ0v) is 12.1. The smallest absolute Gasteiger partial charge is 0.161 e. The third kappa shape index (κ3) is 4.43. The van der Waals surface area contributed by atoms with Crippen molar-refractivity contribution in [1.82, 2.24) is 5.32 Å². The predicted molar refractivity (Wildman–Crippen MR) is 78.1 cm³/mol.